The number of amides is 2. The van der Waals surface area contributed by atoms with Gasteiger partial charge in [0.15, 0.2) is 0 Å². The van der Waals surface area contributed by atoms with E-state index < -0.39 is 0 Å². The van der Waals surface area contributed by atoms with Crippen LogP contribution >= 0.6 is 15.9 Å². The van der Waals surface area contributed by atoms with Crippen LogP contribution in [0.1, 0.15) is 19.4 Å². The van der Waals surface area contributed by atoms with E-state index >= 15 is 0 Å². The quantitative estimate of drug-likeness (QED) is 0.837. The van der Waals surface area contributed by atoms with Gasteiger partial charge in [-0.15, -0.1) is 0 Å². The summed E-state index contributed by atoms with van der Waals surface area (Å²) in [5, 5.41) is 5.75. The van der Waals surface area contributed by atoms with Gasteiger partial charge in [0.2, 0.25) is 0 Å². The molecule has 0 fully saturated rings. The number of rotatable bonds is 4. The first-order valence-corrected chi connectivity index (χ1v) is 7.63. The molecule has 4 heteroatoms. The van der Waals surface area contributed by atoms with Crippen molar-refractivity contribution in [2.75, 3.05) is 11.9 Å². The molecule has 2 amide bonds. The summed E-state index contributed by atoms with van der Waals surface area (Å²) < 4.78 is 0.985. The molecule has 0 aromatic heterocycles. The van der Waals surface area contributed by atoms with Gasteiger partial charge in [-0.25, -0.2) is 4.79 Å². The Bertz CT molecular complexity index is 594. The topological polar surface area (TPSA) is 41.1 Å². The van der Waals surface area contributed by atoms with Gasteiger partial charge in [0.25, 0.3) is 0 Å². The van der Waals surface area contributed by atoms with Crippen molar-refractivity contribution in [2.24, 2.45) is 0 Å². The third-order valence-corrected chi connectivity index (χ3v) is 3.88. The molecule has 0 atom stereocenters. The van der Waals surface area contributed by atoms with E-state index in [0.717, 1.165) is 10.2 Å². The number of nitrogens with one attached hydrogen (secondary N) is 2. The lowest BCUT2D eigenvalue weighted by atomic mass is 9.85. The van der Waals surface area contributed by atoms with Crippen LogP contribution in [0.4, 0.5) is 10.5 Å². The molecule has 2 aromatic rings. The fourth-order valence-corrected chi connectivity index (χ4v) is 2.27. The van der Waals surface area contributed by atoms with E-state index in [4.69, 9.17) is 0 Å². The van der Waals surface area contributed by atoms with Crippen LogP contribution in [-0.2, 0) is 5.41 Å². The summed E-state index contributed by atoms with van der Waals surface area (Å²) in [7, 11) is 0. The maximum absolute atomic E-state index is 11.9. The Morgan fingerprint density at radius 2 is 1.67 bits per heavy atom. The van der Waals surface area contributed by atoms with Crippen molar-refractivity contribution in [1.82, 2.24) is 5.32 Å². The lowest BCUT2D eigenvalue weighted by Crippen LogP contribution is -2.38. The van der Waals surface area contributed by atoms with Crippen LogP contribution in [0.2, 0.25) is 0 Å². The third-order valence-electron chi connectivity index (χ3n) is 3.35. The molecule has 0 unspecified atom stereocenters. The van der Waals surface area contributed by atoms with E-state index in [2.05, 4.69) is 52.5 Å². The number of urea groups is 1. The van der Waals surface area contributed by atoms with Crippen LogP contribution in [0.15, 0.2) is 59.1 Å². The fourth-order valence-electron chi connectivity index (χ4n) is 2.00. The van der Waals surface area contributed by atoms with Gasteiger partial charge in [0, 0.05) is 22.1 Å². The first-order chi connectivity index (χ1) is 9.97. The highest BCUT2D eigenvalue weighted by molar-refractivity contribution is 9.10. The van der Waals surface area contributed by atoms with Crippen molar-refractivity contribution in [3.05, 3.63) is 64.6 Å². The molecule has 0 aliphatic heterocycles. The van der Waals surface area contributed by atoms with Crippen LogP contribution in [0, 0.1) is 0 Å². The lowest BCUT2D eigenvalue weighted by molar-refractivity contribution is 0.249. The lowest BCUT2D eigenvalue weighted by Gasteiger charge is -2.25. The molecular formula is C17H19BrN2O. The van der Waals surface area contributed by atoms with Gasteiger partial charge in [-0.3, -0.25) is 0 Å². The monoisotopic (exact) mass is 346 g/mol. The third kappa shape index (κ3) is 4.60. The highest BCUT2D eigenvalue weighted by Gasteiger charge is 2.20. The van der Waals surface area contributed by atoms with Gasteiger partial charge >= 0.3 is 6.03 Å². The summed E-state index contributed by atoms with van der Waals surface area (Å²) in [4.78, 5) is 11.9. The Morgan fingerprint density at radius 1 is 1.05 bits per heavy atom. The molecule has 0 heterocycles. The van der Waals surface area contributed by atoms with Crippen molar-refractivity contribution in [1.29, 1.82) is 0 Å². The van der Waals surface area contributed by atoms with Crippen molar-refractivity contribution in [3.8, 4) is 0 Å². The number of hydrogen-bond acceptors (Lipinski definition) is 1. The zero-order valence-corrected chi connectivity index (χ0v) is 13.8. The Balaban J connectivity index is 1.90. The zero-order chi connectivity index (χ0) is 15.3. The summed E-state index contributed by atoms with van der Waals surface area (Å²) in [6.07, 6.45) is 0. The molecule has 110 valence electrons. The first-order valence-electron chi connectivity index (χ1n) is 6.83. The van der Waals surface area contributed by atoms with Gasteiger partial charge in [-0.2, -0.15) is 0 Å². The molecule has 0 aliphatic rings. The first kappa shape index (κ1) is 15.6. The summed E-state index contributed by atoms with van der Waals surface area (Å²) in [5.41, 5.74) is 1.86. The maximum atomic E-state index is 11.9. The summed E-state index contributed by atoms with van der Waals surface area (Å²) in [6.45, 7) is 4.80. The van der Waals surface area contributed by atoms with Crippen molar-refractivity contribution in [2.45, 2.75) is 19.3 Å². The molecule has 2 N–H and O–H groups in total. The minimum Gasteiger partial charge on any atom is -0.337 e. The van der Waals surface area contributed by atoms with Gasteiger partial charge in [0.1, 0.15) is 0 Å². The molecule has 0 spiro atoms. The van der Waals surface area contributed by atoms with Gasteiger partial charge in [0.05, 0.1) is 0 Å². The average molecular weight is 347 g/mol. The SMILES string of the molecule is CC(C)(CNC(=O)Nc1ccc(Br)cc1)c1ccccc1. The van der Waals surface area contributed by atoms with Gasteiger partial charge in [-0.1, -0.05) is 60.1 Å². The molecule has 0 aliphatic carbocycles. The maximum Gasteiger partial charge on any atom is 0.319 e. The second kappa shape index (κ2) is 6.76. The van der Waals surface area contributed by atoms with E-state index in [1.165, 1.54) is 5.56 Å². The Labute approximate surface area is 133 Å². The number of carbonyl (C=O) groups excluding carboxylic acids is 1. The minimum atomic E-state index is -0.193. The van der Waals surface area contributed by atoms with Crippen LogP contribution in [0.5, 0.6) is 0 Å². The van der Waals surface area contributed by atoms with Crippen LogP contribution < -0.4 is 10.6 Å². The largest absolute Gasteiger partial charge is 0.337 e. The normalized spacial score (nSPS) is 11.0. The molecule has 2 aromatic carbocycles. The van der Waals surface area contributed by atoms with Crippen molar-refractivity contribution < 1.29 is 4.79 Å². The van der Waals surface area contributed by atoms with E-state index in [1.54, 1.807) is 0 Å². The van der Waals surface area contributed by atoms with E-state index in [0.29, 0.717) is 6.54 Å². The van der Waals surface area contributed by atoms with Crippen LogP contribution in [0.3, 0.4) is 0 Å². The van der Waals surface area contributed by atoms with Gasteiger partial charge in [-0.05, 0) is 29.8 Å². The molecule has 0 saturated carbocycles. The summed E-state index contributed by atoms with van der Waals surface area (Å²) in [5.74, 6) is 0. The second-order valence-corrected chi connectivity index (χ2v) is 6.48. The van der Waals surface area contributed by atoms with Gasteiger partial charge < -0.3 is 10.6 Å². The highest BCUT2D eigenvalue weighted by atomic mass is 79.9. The number of halogens is 1. The van der Waals surface area contributed by atoms with Crippen molar-refractivity contribution in [3.63, 3.8) is 0 Å². The van der Waals surface area contributed by atoms with E-state index in [9.17, 15) is 4.79 Å². The number of anilines is 1. The van der Waals surface area contributed by atoms with Crippen LogP contribution in [0.25, 0.3) is 0 Å². The molecule has 0 bridgehead atoms. The van der Waals surface area contributed by atoms with E-state index in [-0.39, 0.29) is 11.4 Å². The molecular weight excluding hydrogens is 328 g/mol. The number of benzene rings is 2. The summed E-state index contributed by atoms with van der Waals surface area (Å²) >= 11 is 3.37. The minimum absolute atomic E-state index is 0.113. The standard InChI is InChI=1S/C17H19BrN2O/c1-17(2,13-6-4-3-5-7-13)12-19-16(21)20-15-10-8-14(18)9-11-15/h3-11H,12H2,1-2H3,(H2,19,20,21). The zero-order valence-electron chi connectivity index (χ0n) is 12.2. The molecule has 3 nitrogen and oxygen atoms in total. The molecule has 0 saturated heterocycles. The molecule has 0 radical (unpaired) electrons. The highest BCUT2D eigenvalue weighted by Crippen LogP contribution is 2.21. The second-order valence-electron chi connectivity index (χ2n) is 5.56. The summed E-state index contributed by atoms with van der Waals surface area (Å²) in [6, 6.07) is 17.5. The number of carbonyl (C=O) groups is 1. The fraction of sp³-hybridized carbons (Fsp3) is 0.235. The predicted octanol–water partition coefficient (Wildman–Crippen LogP) is 4.55. The van der Waals surface area contributed by atoms with Crippen LogP contribution in [-0.4, -0.2) is 12.6 Å². The van der Waals surface area contributed by atoms with E-state index in [1.807, 2.05) is 42.5 Å². The average Bonchev–Trinajstić information content (AvgIpc) is 2.49. The Hall–Kier alpha value is -1.81. The Kier molecular flexibility index (Phi) is 5.02. The molecule has 21 heavy (non-hydrogen) atoms. The molecule has 2 rings (SSSR count). The number of hydrogen-bond donors (Lipinski definition) is 2. The Morgan fingerprint density at radius 3 is 2.29 bits per heavy atom. The van der Waals surface area contributed by atoms with Crippen molar-refractivity contribution >= 4 is 27.6 Å². The predicted molar refractivity (Wildman–Crippen MR) is 90.6 cm³/mol. The smallest absolute Gasteiger partial charge is 0.319 e.